The van der Waals surface area contributed by atoms with Crippen LogP contribution in [0.1, 0.15) is 35.1 Å². The predicted molar refractivity (Wildman–Crippen MR) is 88.1 cm³/mol. The molecule has 0 aliphatic carbocycles. The number of hydrogen-bond acceptors (Lipinski definition) is 4. The molecule has 0 saturated carbocycles. The van der Waals surface area contributed by atoms with Crippen LogP contribution in [0.15, 0.2) is 24.4 Å². The normalized spacial score (nSPS) is 15.3. The number of aromatic nitrogens is 1. The number of unbranched alkanes of at least 4 members (excludes halogenated alkanes) is 1. The molecule has 0 unspecified atom stereocenters. The highest BCUT2D eigenvalue weighted by atomic mass is 32.1. The van der Waals surface area contributed by atoms with Gasteiger partial charge in [-0.2, -0.15) is 0 Å². The molecule has 2 aromatic rings. The number of pyridine rings is 1. The highest BCUT2D eigenvalue weighted by Crippen LogP contribution is 2.33. The minimum Gasteiger partial charge on any atom is -0.397 e. The zero-order valence-corrected chi connectivity index (χ0v) is 12.7. The molecule has 0 bridgehead atoms. The molecule has 4 nitrogen and oxygen atoms in total. The van der Waals surface area contributed by atoms with E-state index < -0.39 is 0 Å². The number of thiophene rings is 1. The molecule has 1 aliphatic rings. The molecule has 1 aliphatic heterocycles. The molecular weight excluding hydrogens is 282 g/mol. The fourth-order valence-corrected chi connectivity index (χ4v) is 3.32. The van der Waals surface area contributed by atoms with Gasteiger partial charge < -0.3 is 11.1 Å². The Balaban J connectivity index is 1.91. The highest BCUT2D eigenvalue weighted by molar-refractivity contribution is 7.13. The Labute approximate surface area is 127 Å². The Morgan fingerprint density at radius 2 is 2.29 bits per heavy atom. The molecule has 108 valence electrons. The molecule has 0 saturated heterocycles. The molecule has 2 aromatic heterocycles. The summed E-state index contributed by atoms with van der Waals surface area (Å²) in [4.78, 5) is 18.7. The van der Waals surface area contributed by atoms with Gasteiger partial charge in [0.15, 0.2) is 0 Å². The smallest absolute Gasteiger partial charge is 0.257 e. The molecule has 5 heteroatoms. The second-order valence-corrected chi connectivity index (χ2v) is 6.28. The Morgan fingerprint density at radius 1 is 1.43 bits per heavy atom. The van der Waals surface area contributed by atoms with Gasteiger partial charge in [-0.05, 0) is 37.1 Å². The van der Waals surface area contributed by atoms with Crippen LogP contribution in [0.2, 0.25) is 0 Å². The number of rotatable bonds is 4. The van der Waals surface area contributed by atoms with Gasteiger partial charge in [0.05, 0.1) is 17.5 Å². The van der Waals surface area contributed by atoms with Crippen molar-refractivity contribution in [3.63, 3.8) is 0 Å². The summed E-state index contributed by atoms with van der Waals surface area (Å²) in [5.41, 5.74) is 7.74. The van der Waals surface area contributed by atoms with Crippen molar-refractivity contribution in [2.45, 2.75) is 26.2 Å². The van der Waals surface area contributed by atoms with E-state index in [4.69, 9.17) is 5.73 Å². The standard InChI is InChI=1S/C16H17N3OS/c1-2-3-4-11-5-6-12(21-11)8-14-13-7-10(17)9-18-15(13)19-16(14)20/h5-9H,2-4,17H2,1H3,(H,18,19,20). The Kier molecular flexibility index (Phi) is 3.75. The lowest BCUT2D eigenvalue weighted by molar-refractivity contribution is -0.110. The van der Waals surface area contributed by atoms with Gasteiger partial charge in [0.1, 0.15) is 5.82 Å². The summed E-state index contributed by atoms with van der Waals surface area (Å²) in [5, 5.41) is 2.77. The molecule has 0 fully saturated rings. The minimum atomic E-state index is -0.119. The molecule has 0 aromatic carbocycles. The van der Waals surface area contributed by atoms with E-state index in [0.29, 0.717) is 17.1 Å². The Morgan fingerprint density at radius 3 is 3.10 bits per heavy atom. The molecule has 0 atom stereocenters. The number of anilines is 2. The van der Waals surface area contributed by atoms with Crippen molar-refractivity contribution < 1.29 is 4.79 Å². The molecule has 1 amide bonds. The molecular formula is C16H17N3OS. The highest BCUT2D eigenvalue weighted by Gasteiger charge is 2.25. The van der Waals surface area contributed by atoms with Crippen LogP contribution in [0.25, 0.3) is 11.6 Å². The van der Waals surface area contributed by atoms with Crippen molar-refractivity contribution >= 4 is 40.4 Å². The zero-order chi connectivity index (χ0) is 14.8. The van der Waals surface area contributed by atoms with Gasteiger partial charge in [-0.25, -0.2) is 4.98 Å². The number of amides is 1. The molecule has 0 spiro atoms. The molecule has 3 heterocycles. The summed E-state index contributed by atoms with van der Waals surface area (Å²) >= 11 is 1.73. The van der Waals surface area contributed by atoms with Crippen LogP contribution in [-0.2, 0) is 11.2 Å². The number of hydrogen-bond donors (Lipinski definition) is 2. The fourth-order valence-electron chi connectivity index (χ4n) is 2.33. The molecule has 3 N–H and O–H groups in total. The average molecular weight is 299 g/mol. The monoisotopic (exact) mass is 299 g/mol. The van der Waals surface area contributed by atoms with Crippen LogP contribution in [0, 0.1) is 0 Å². The maximum absolute atomic E-state index is 12.1. The van der Waals surface area contributed by atoms with E-state index in [-0.39, 0.29) is 5.91 Å². The van der Waals surface area contributed by atoms with E-state index in [1.807, 2.05) is 6.08 Å². The first-order valence-corrected chi connectivity index (χ1v) is 7.86. The SMILES string of the molecule is CCCCc1ccc(C=C2C(=O)Nc3ncc(N)cc32)s1. The van der Waals surface area contributed by atoms with Crippen molar-refractivity contribution in [3.8, 4) is 0 Å². The second kappa shape index (κ2) is 5.69. The average Bonchev–Trinajstić information content (AvgIpc) is 3.03. The summed E-state index contributed by atoms with van der Waals surface area (Å²) in [6, 6.07) is 5.99. The van der Waals surface area contributed by atoms with E-state index in [1.54, 1.807) is 23.6 Å². The van der Waals surface area contributed by atoms with Crippen LogP contribution >= 0.6 is 11.3 Å². The third-order valence-corrected chi connectivity index (χ3v) is 4.51. The van der Waals surface area contributed by atoms with E-state index in [1.165, 1.54) is 17.7 Å². The summed E-state index contributed by atoms with van der Waals surface area (Å²) in [7, 11) is 0. The van der Waals surface area contributed by atoms with Crippen molar-refractivity contribution in [1.82, 2.24) is 4.98 Å². The van der Waals surface area contributed by atoms with Gasteiger partial charge in [0.2, 0.25) is 0 Å². The van der Waals surface area contributed by atoms with Gasteiger partial charge in [-0.3, -0.25) is 4.79 Å². The third kappa shape index (κ3) is 2.83. The maximum Gasteiger partial charge on any atom is 0.257 e. The number of carbonyl (C=O) groups excluding carboxylic acids is 1. The Hall–Kier alpha value is -2.14. The lowest BCUT2D eigenvalue weighted by Gasteiger charge is -1.98. The van der Waals surface area contributed by atoms with Crippen molar-refractivity contribution in [2.75, 3.05) is 11.1 Å². The lowest BCUT2D eigenvalue weighted by atomic mass is 10.1. The predicted octanol–water partition coefficient (Wildman–Crippen LogP) is 3.56. The summed E-state index contributed by atoms with van der Waals surface area (Å²) in [5.74, 6) is 0.467. The number of carbonyl (C=O) groups is 1. The van der Waals surface area contributed by atoms with Crippen LogP contribution < -0.4 is 11.1 Å². The number of nitrogens with zero attached hydrogens (tertiary/aromatic N) is 1. The maximum atomic E-state index is 12.1. The topological polar surface area (TPSA) is 68.0 Å². The summed E-state index contributed by atoms with van der Waals surface area (Å²) < 4.78 is 0. The van der Waals surface area contributed by atoms with E-state index in [0.717, 1.165) is 16.9 Å². The van der Waals surface area contributed by atoms with Crippen LogP contribution in [0.3, 0.4) is 0 Å². The van der Waals surface area contributed by atoms with Crippen molar-refractivity contribution in [3.05, 3.63) is 39.7 Å². The largest absolute Gasteiger partial charge is 0.397 e. The second-order valence-electron chi connectivity index (χ2n) is 5.08. The van der Waals surface area contributed by atoms with E-state index in [2.05, 4.69) is 29.4 Å². The summed E-state index contributed by atoms with van der Waals surface area (Å²) in [6.07, 6.45) is 6.95. The number of fused-ring (bicyclic) bond motifs is 1. The zero-order valence-electron chi connectivity index (χ0n) is 11.8. The van der Waals surface area contributed by atoms with Gasteiger partial charge >= 0.3 is 0 Å². The van der Waals surface area contributed by atoms with Crippen molar-refractivity contribution in [2.24, 2.45) is 0 Å². The van der Waals surface area contributed by atoms with E-state index >= 15 is 0 Å². The van der Waals surface area contributed by atoms with Gasteiger partial charge in [-0.15, -0.1) is 11.3 Å². The first-order chi connectivity index (χ1) is 10.2. The molecule has 3 rings (SSSR count). The molecule has 21 heavy (non-hydrogen) atoms. The summed E-state index contributed by atoms with van der Waals surface area (Å²) in [6.45, 7) is 2.19. The van der Waals surface area contributed by atoms with Crippen LogP contribution in [0.4, 0.5) is 11.5 Å². The minimum absolute atomic E-state index is 0.119. The van der Waals surface area contributed by atoms with Crippen LogP contribution in [-0.4, -0.2) is 10.9 Å². The number of nitrogens with two attached hydrogens (primary N) is 1. The quantitative estimate of drug-likeness (QED) is 0.848. The van der Waals surface area contributed by atoms with Crippen molar-refractivity contribution in [1.29, 1.82) is 0 Å². The van der Waals surface area contributed by atoms with Crippen LogP contribution in [0.5, 0.6) is 0 Å². The van der Waals surface area contributed by atoms with E-state index in [9.17, 15) is 4.79 Å². The lowest BCUT2D eigenvalue weighted by Crippen LogP contribution is -2.04. The third-order valence-electron chi connectivity index (χ3n) is 3.42. The van der Waals surface area contributed by atoms with Gasteiger partial charge in [0.25, 0.3) is 5.91 Å². The fraction of sp³-hybridized carbons (Fsp3) is 0.250. The first-order valence-electron chi connectivity index (χ1n) is 7.05. The number of nitrogen functional groups attached to an aromatic ring is 1. The van der Waals surface area contributed by atoms with Gasteiger partial charge in [0, 0.05) is 15.3 Å². The number of nitrogens with one attached hydrogen (secondary N) is 1. The van der Waals surface area contributed by atoms with Gasteiger partial charge in [-0.1, -0.05) is 13.3 Å². The molecule has 0 radical (unpaired) electrons. The first kappa shape index (κ1) is 13.8. The number of aryl methyl sites for hydroxylation is 1. The Bertz CT molecular complexity index is 718.